The van der Waals surface area contributed by atoms with Crippen molar-refractivity contribution >= 4 is 17.8 Å². The Balaban J connectivity index is 1.60. The zero-order chi connectivity index (χ0) is 18.2. The number of carbonyl (C=O) groups excluding carboxylic acids is 3. The molecular weight excluding hydrogens is 324 g/mol. The molecule has 0 saturated carbocycles. The molecule has 134 valence electrons. The molecule has 2 aliphatic heterocycles. The fourth-order valence-corrected chi connectivity index (χ4v) is 2.98. The molecule has 1 aromatic heterocycles. The van der Waals surface area contributed by atoms with Gasteiger partial charge < -0.3 is 5.32 Å². The Morgan fingerprint density at radius 1 is 1.44 bits per heavy atom. The number of fused-ring (bicyclic) bond motifs is 1. The van der Waals surface area contributed by atoms with Gasteiger partial charge in [0.05, 0.1) is 12.2 Å². The van der Waals surface area contributed by atoms with Gasteiger partial charge in [-0.25, -0.2) is 14.8 Å². The van der Waals surface area contributed by atoms with E-state index in [-0.39, 0.29) is 6.54 Å². The van der Waals surface area contributed by atoms with Crippen LogP contribution in [0.1, 0.15) is 37.4 Å². The van der Waals surface area contributed by atoms with Gasteiger partial charge in [-0.05, 0) is 32.3 Å². The van der Waals surface area contributed by atoms with Gasteiger partial charge in [0.1, 0.15) is 11.4 Å². The Morgan fingerprint density at radius 2 is 2.20 bits per heavy atom. The van der Waals surface area contributed by atoms with Crippen LogP contribution in [0.3, 0.4) is 0 Å². The lowest BCUT2D eigenvalue weighted by Crippen LogP contribution is -2.51. The van der Waals surface area contributed by atoms with E-state index in [1.165, 1.54) is 0 Å². The third-order valence-electron chi connectivity index (χ3n) is 4.72. The van der Waals surface area contributed by atoms with Gasteiger partial charge in [0.25, 0.3) is 11.8 Å². The van der Waals surface area contributed by atoms with E-state index in [1.54, 1.807) is 13.8 Å². The van der Waals surface area contributed by atoms with E-state index in [0.29, 0.717) is 25.3 Å². The SMILES string of the molecule is CCC1(C)NC(=O)N(NC(=O)CN2CCc3cnc(C)nc3C2)C1=O. The average molecular weight is 346 g/mol. The smallest absolute Gasteiger partial charge is 0.322 e. The number of carbonyl (C=O) groups is 3. The summed E-state index contributed by atoms with van der Waals surface area (Å²) in [6.07, 6.45) is 3.04. The van der Waals surface area contributed by atoms with Crippen LogP contribution >= 0.6 is 0 Å². The van der Waals surface area contributed by atoms with E-state index in [0.717, 1.165) is 22.7 Å². The summed E-state index contributed by atoms with van der Waals surface area (Å²) in [7, 11) is 0. The van der Waals surface area contributed by atoms with Gasteiger partial charge in [-0.1, -0.05) is 6.92 Å². The van der Waals surface area contributed by atoms with Crippen LogP contribution in [-0.2, 0) is 22.6 Å². The first-order valence-corrected chi connectivity index (χ1v) is 8.32. The molecule has 9 heteroatoms. The number of urea groups is 1. The van der Waals surface area contributed by atoms with Crippen molar-refractivity contribution < 1.29 is 14.4 Å². The molecule has 2 aliphatic rings. The number of nitrogens with one attached hydrogen (secondary N) is 2. The fraction of sp³-hybridized carbons (Fsp3) is 0.562. The molecule has 2 N–H and O–H groups in total. The van der Waals surface area contributed by atoms with Crippen LogP contribution in [0.25, 0.3) is 0 Å². The van der Waals surface area contributed by atoms with Crippen molar-refractivity contribution in [2.75, 3.05) is 13.1 Å². The predicted octanol–water partition coefficient (Wildman–Crippen LogP) is -0.105. The number of hydrogen-bond donors (Lipinski definition) is 2. The number of rotatable bonds is 4. The fourth-order valence-electron chi connectivity index (χ4n) is 2.98. The number of hydrogen-bond acceptors (Lipinski definition) is 6. The highest BCUT2D eigenvalue weighted by atomic mass is 16.2. The second-order valence-electron chi connectivity index (χ2n) is 6.64. The van der Waals surface area contributed by atoms with Gasteiger partial charge in [0.2, 0.25) is 0 Å². The summed E-state index contributed by atoms with van der Waals surface area (Å²) in [6, 6.07) is -0.602. The molecule has 0 spiro atoms. The normalized spacial score (nSPS) is 23.4. The van der Waals surface area contributed by atoms with E-state index in [4.69, 9.17) is 0 Å². The van der Waals surface area contributed by atoms with Crippen LogP contribution < -0.4 is 10.7 Å². The molecule has 0 aromatic carbocycles. The lowest BCUT2D eigenvalue weighted by atomic mass is 10.00. The lowest BCUT2D eigenvalue weighted by Gasteiger charge is -2.27. The standard InChI is InChI=1S/C16H22N6O3/c1-4-16(3)14(24)22(15(25)19-16)20-13(23)9-21-6-5-11-7-17-10(2)18-12(11)8-21/h7H,4-6,8-9H2,1-3H3,(H,19,25)(H,20,23). The maximum absolute atomic E-state index is 12.3. The Morgan fingerprint density at radius 3 is 2.88 bits per heavy atom. The van der Waals surface area contributed by atoms with Crippen LogP contribution in [0, 0.1) is 6.92 Å². The van der Waals surface area contributed by atoms with Crippen LogP contribution in [0.15, 0.2) is 6.20 Å². The first-order chi connectivity index (χ1) is 11.8. The monoisotopic (exact) mass is 346 g/mol. The largest absolute Gasteiger partial charge is 0.344 e. The second kappa shape index (κ2) is 6.40. The molecule has 25 heavy (non-hydrogen) atoms. The van der Waals surface area contributed by atoms with Crippen molar-refractivity contribution in [2.45, 2.75) is 45.7 Å². The average Bonchev–Trinajstić information content (AvgIpc) is 2.78. The van der Waals surface area contributed by atoms with Crippen LogP contribution in [0.4, 0.5) is 4.79 Å². The first kappa shape index (κ1) is 17.3. The quantitative estimate of drug-likeness (QED) is 0.737. The maximum Gasteiger partial charge on any atom is 0.344 e. The molecule has 1 saturated heterocycles. The number of hydrazine groups is 1. The van der Waals surface area contributed by atoms with Crippen molar-refractivity contribution in [2.24, 2.45) is 0 Å². The molecule has 1 fully saturated rings. The molecule has 0 aliphatic carbocycles. The first-order valence-electron chi connectivity index (χ1n) is 8.32. The van der Waals surface area contributed by atoms with Gasteiger partial charge in [-0.3, -0.25) is 19.9 Å². The molecule has 1 atom stereocenters. The predicted molar refractivity (Wildman–Crippen MR) is 88.0 cm³/mol. The molecule has 4 amide bonds. The number of aryl methyl sites for hydroxylation is 1. The van der Waals surface area contributed by atoms with Crippen molar-refractivity contribution in [1.29, 1.82) is 0 Å². The summed E-state index contributed by atoms with van der Waals surface area (Å²) >= 11 is 0. The minimum Gasteiger partial charge on any atom is -0.322 e. The molecule has 0 radical (unpaired) electrons. The molecule has 9 nitrogen and oxygen atoms in total. The Hall–Kier alpha value is -2.55. The molecule has 3 heterocycles. The minimum absolute atomic E-state index is 0.0857. The zero-order valence-electron chi connectivity index (χ0n) is 14.6. The second-order valence-corrected chi connectivity index (χ2v) is 6.64. The van der Waals surface area contributed by atoms with Crippen molar-refractivity contribution in [1.82, 2.24) is 30.6 Å². The van der Waals surface area contributed by atoms with Gasteiger partial charge in [0.15, 0.2) is 0 Å². The van der Waals surface area contributed by atoms with Crippen LogP contribution in [0.2, 0.25) is 0 Å². The third-order valence-corrected chi connectivity index (χ3v) is 4.72. The summed E-state index contributed by atoms with van der Waals surface area (Å²) in [6.45, 7) is 6.59. The summed E-state index contributed by atoms with van der Waals surface area (Å²) < 4.78 is 0. The van der Waals surface area contributed by atoms with E-state index >= 15 is 0 Å². The van der Waals surface area contributed by atoms with Crippen molar-refractivity contribution in [3.05, 3.63) is 23.3 Å². The van der Waals surface area contributed by atoms with Crippen LogP contribution in [-0.4, -0.2) is 56.4 Å². The molecule has 1 unspecified atom stereocenters. The maximum atomic E-state index is 12.3. The molecule has 1 aromatic rings. The number of imide groups is 1. The summed E-state index contributed by atoms with van der Waals surface area (Å²) in [5.74, 6) is -0.151. The van der Waals surface area contributed by atoms with E-state index in [2.05, 4.69) is 20.7 Å². The number of amides is 4. The highest BCUT2D eigenvalue weighted by Gasteiger charge is 2.47. The topological polar surface area (TPSA) is 108 Å². The van der Waals surface area contributed by atoms with Crippen LogP contribution in [0.5, 0.6) is 0 Å². The zero-order valence-corrected chi connectivity index (χ0v) is 14.6. The van der Waals surface area contributed by atoms with Gasteiger partial charge in [-0.2, -0.15) is 5.01 Å². The third kappa shape index (κ3) is 3.32. The minimum atomic E-state index is -0.969. The molecule has 0 bridgehead atoms. The van der Waals surface area contributed by atoms with Gasteiger partial charge >= 0.3 is 6.03 Å². The van der Waals surface area contributed by atoms with Crippen molar-refractivity contribution in [3.63, 3.8) is 0 Å². The van der Waals surface area contributed by atoms with Gasteiger partial charge in [0, 0.05) is 19.3 Å². The van der Waals surface area contributed by atoms with E-state index in [9.17, 15) is 14.4 Å². The van der Waals surface area contributed by atoms with E-state index in [1.807, 2.05) is 18.0 Å². The highest BCUT2D eigenvalue weighted by molar-refractivity contribution is 6.07. The molecular formula is C16H22N6O3. The lowest BCUT2D eigenvalue weighted by molar-refractivity contribution is -0.139. The Bertz CT molecular complexity index is 737. The van der Waals surface area contributed by atoms with Gasteiger partial charge in [-0.15, -0.1) is 0 Å². The number of nitrogens with zero attached hydrogens (tertiary/aromatic N) is 4. The molecule has 3 rings (SSSR count). The van der Waals surface area contributed by atoms with Crippen molar-refractivity contribution in [3.8, 4) is 0 Å². The van der Waals surface area contributed by atoms with E-state index < -0.39 is 23.4 Å². The summed E-state index contributed by atoms with van der Waals surface area (Å²) in [4.78, 5) is 47.0. The Kier molecular flexibility index (Phi) is 4.42. The Labute approximate surface area is 145 Å². The number of aromatic nitrogens is 2. The summed E-state index contributed by atoms with van der Waals surface area (Å²) in [5, 5.41) is 3.37. The summed E-state index contributed by atoms with van der Waals surface area (Å²) in [5.41, 5.74) is 3.45. The highest BCUT2D eigenvalue weighted by Crippen LogP contribution is 2.19.